The van der Waals surface area contributed by atoms with Crippen molar-refractivity contribution in [1.29, 1.82) is 0 Å². The molecule has 8 heteroatoms. The SMILES string of the molecule is CNC(c1cnccc1C(F)(F)F)c1snnc1C. The number of halogens is 3. The molecule has 0 aliphatic rings. The zero-order chi connectivity index (χ0) is 14.0. The van der Waals surface area contributed by atoms with Crippen molar-refractivity contribution in [3.63, 3.8) is 0 Å². The predicted molar refractivity (Wildman–Crippen MR) is 64.8 cm³/mol. The van der Waals surface area contributed by atoms with E-state index in [9.17, 15) is 13.2 Å². The van der Waals surface area contributed by atoms with Crippen molar-refractivity contribution in [3.05, 3.63) is 40.2 Å². The van der Waals surface area contributed by atoms with Gasteiger partial charge in [-0.05, 0) is 31.6 Å². The van der Waals surface area contributed by atoms with Gasteiger partial charge < -0.3 is 5.32 Å². The van der Waals surface area contributed by atoms with Crippen LogP contribution in [0, 0.1) is 6.92 Å². The Bertz CT molecular complexity index is 567. The Kier molecular flexibility index (Phi) is 3.81. The van der Waals surface area contributed by atoms with Gasteiger partial charge in [-0.25, -0.2) is 0 Å². The van der Waals surface area contributed by atoms with E-state index in [1.165, 1.54) is 6.20 Å². The van der Waals surface area contributed by atoms with E-state index in [2.05, 4.69) is 19.9 Å². The smallest absolute Gasteiger partial charge is 0.308 e. The highest BCUT2D eigenvalue weighted by atomic mass is 32.1. The molecule has 0 aromatic carbocycles. The summed E-state index contributed by atoms with van der Waals surface area (Å²) in [5, 5.41) is 6.69. The van der Waals surface area contributed by atoms with Crippen LogP contribution in [0.5, 0.6) is 0 Å². The lowest BCUT2D eigenvalue weighted by Crippen LogP contribution is -2.22. The molecule has 1 N–H and O–H groups in total. The highest BCUT2D eigenvalue weighted by Gasteiger charge is 2.36. The third-order valence-corrected chi connectivity index (χ3v) is 3.60. The number of nitrogens with one attached hydrogen (secondary N) is 1. The Morgan fingerprint density at radius 2 is 2.11 bits per heavy atom. The normalized spacial score (nSPS) is 13.5. The second kappa shape index (κ2) is 5.22. The van der Waals surface area contributed by atoms with Gasteiger partial charge in [-0.3, -0.25) is 4.98 Å². The molecule has 2 heterocycles. The third kappa shape index (κ3) is 2.74. The number of hydrogen-bond acceptors (Lipinski definition) is 5. The van der Waals surface area contributed by atoms with Crippen molar-refractivity contribution in [2.24, 2.45) is 0 Å². The topological polar surface area (TPSA) is 50.7 Å². The Morgan fingerprint density at radius 3 is 2.63 bits per heavy atom. The molecule has 0 amide bonds. The van der Waals surface area contributed by atoms with Crippen LogP contribution in [0.15, 0.2) is 18.5 Å². The summed E-state index contributed by atoms with van der Waals surface area (Å²) >= 11 is 1.08. The maximum atomic E-state index is 13.0. The molecular weight excluding hydrogens is 277 g/mol. The summed E-state index contributed by atoms with van der Waals surface area (Å²) in [4.78, 5) is 4.44. The van der Waals surface area contributed by atoms with Crippen LogP contribution in [0.3, 0.4) is 0 Å². The lowest BCUT2D eigenvalue weighted by atomic mass is 10.0. The van der Waals surface area contributed by atoms with Crippen LogP contribution in [0.2, 0.25) is 0 Å². The first-order chi connectivity index (χ1) is 8.95. The number of rotatable bonds is 3. The Balaban J connectivity index is 2.54. The number of pyridine rings is 1. The maximum Gasteiger partial charge on any atom is 0.416 e. The summed E-state index contributed by atoms with van der Waals surface area (Å²) in [6.07, 6.45) is -2.06. The molecule has 0 aliphatic carbocycles. The van der Waals surface area contributed by atoms with Crippen LogP contribution >= 0.6 is 11.5 Å². The molecular formula is C11H11F3N4S. The molecule has 0 fully saturated rings. The first-order valence-electron chi connectivity index (χ1n) is 5.42. The standard InChI is InChI=1S/C11H11F3N4S/c1-6-10(19-18-17-6)9(15-2)7-5-16-4-3-8(7)11(12,13)14/h3-5,9,15H,1-2H3. The maximum absolute atomic E-state index is 13.0. The van der Waals surface area contributed by atoms with Crippen LogP contribution in [-0.2, 0) is 6.18 Å². The van der Waals surface area contributed by atoms with E-state index in [0.29, 0.717) is 10.6 Å². The zero-order valence-corrected chi connectivity index (χ0v) is 11.0. The molecule has 1 unspecified atom stereocenters. The van der Waals surface area contributed by atoms with Gasteiger partial charge in [-0.15, -0.1) is 5.10 Å². The van der Waals surface area contributed by atoms with Gasteiger partial charge in [0.05, 0.1) is 22.2 Å². The second-order valence-electron chi connectivity index (χ2n) is 3.90. The average Bonchev–Trinajstić information content (AvgIpc) is 2.76. The van der Waals surface area contributed by atoms with Crippen LogP contribution in [0.25, 0.3) is 0 Å². The number of alkyl halides is 3. The lowest BCUT2D eigenvalue weighted by Gasteiger charge is -2.19. The van der Waals surface area contributed by atoms with E-state index in [1.807, 2.05) is 0 Å². The molecule has 102 valence electrons. The van der Waals surface area contributed by atoms with E-state index in [0.717, 1.165) is 23.8 Å². The number of aryl methyl sites for hydroxylation is 1. The van der Waals surface area contributed by atoms with Gasteiger partial charge in [0.2, 0.25) is 0 Å². The Labute approximate surface area is 111 Å². The van der Waals surface area contributed by atoms with E-state index in [4.69, 9.17) is 0 Å². The molecule has 2 aromatic heterocycles. The summed E-state index contributed by atoms with van der Waals surface area (Å²) in [6.45, 7) is 1.72. The fourth-order valence-electron chi connectivity index (χ4n) is 1.83. The molecule has 0 radical (unpaired) electrons. The molecule has 0 spiro atoms. The first kappa shape index (κ1) is 13.9. The van der Waals surface area contributed by atoms with Crippen molar-refractivity contribution < 1.29 is 13.2 Å². The van der Waals surface area contributed by atoms with Crippen molar-refractivity contribution in [3.8, 4) is 0 Å². The molecule has 2 aromatic rings. The predicted octanol–water partition coefficient (Wildman–Crippen LogP) is 2.57. The van der Waals surface area contributed by atoms with Crippen LogP contribution in [0.4, 0.5) is 13.2 Å². The van der Waals surface area contributed by atoms with E-state index in [-0.39, 0.29) is 5.56 Å². The van der Waals surface area contributed by atoms with Gasteiger partial charge in [-0.1, -0.05) is 4.49 Å². The summed E-state index contributed by atoms with van der Waals surface area (Å²) in [5.74, 6) is 0. The lowest BCUT2D eigenvalue weighted by molar-refractivity contribution is -0.138. The summed E-state index contributed by atoms with van der Waals surface area (Å²) in [5.41, 5.74) is -0.0115. The summed E-state index contributed by atoms with van der Waals surface area (Å²) in [7, 11) is 1.59. The highest BCUT2D eigenvalue weighted by Crippen LogP contribution is 2.37. The van der Waals surface area contributed by atoms with E-state index in [1.54, 1.807) is 14.0 Å². The van der Waals surface area contributed by atoms with Gasteiger partial charge in [0.1, 0.15) is 0 Å². The van der Waals surface area contributed by atoms with Gasteiger partial charge in [0.15, 0.2) is 0 Å². The van der Waals surface area contributed by atoms with Crippen molar-refractivity contribution >= 4 is 11.5 Å². The molecule has 0 saturated carbocycles. The van der Waals surface area contributed by atoms with Crippen LogP contribution < -0.4 is 5.32 Å². The minimum absolute atomic E-state index is 0.0756. The monoisotopic (exact) mass is 288 g/mol. The molecule has 0 aliphatic heterocycles. The number of hydrogen-bond donors (Lipinski definition) is 1. The van der Waals surface area contributed by atoms with E-state index >= 15 is 0 Å². The first-order valence-corrected chi connectivity index (χ1v) is 6.19. The van der Waals surface area contributed by atoms with Gasteiger partial charge in [0, 0.05) is 18.0 Å². The van der Waals surface area contributed by atoms with Crippen molar-refractivity contribution in [2.45, 2.75) is 19.1 Å². The van der Waals surface area contributed by atoms with Gasteiger partial charge >= 0.3 is 6.18 Å². The average molecular weight is 288 g/mol. The second-order valence-corrected chi connectivity index (χ2v) is 4.69. The van der Waals surface area contributed by atoms with Crippen LogP contribution in [-0.4, -0.2) is 21.6 Å². The fraction of sp³-hybridized carbons (Fsp3) is 0.364. The summed E-state index contributed by atoms with van der Waals surface area (Å²) in [6, 6.07) is 0.356. The molecule has 1 atom stereocenters. The van der Waals surface area contributed by atoms with Gasteiger partial charge in [0.25, 0.3) is 0 Å². The third-order valence-electron chi connectivity index (χ3n) is 2.71. The molecule has 19 heavy (non-hydrogen) atoms. The minimum Gasteiger partial charge on any atom is -0.308 e. The largest absolute Gasteiger partial charge is 0.416 e. The Morgan fingerprint density at radius 1 is 1.37 bits per heavy atom. The zero-order valence-electron chi connectivity index (χ0n) is 10.2. The quantitative estimate of drug-likeness (QED) is 0.943. The highest BCUT2D eigenvalue weighted by molar-refractivity contribution is 7.05. The van der Waals surface area contributed by atoms with E-state index < -0.39 is 17.8 Å². The summed E-state index contributed by atoms with van der Waals surface area (Å²) < 4.78 is 42.8. The fourth-order valence-corrected chi connectivity index (χ4v) is 2.60. The number of aromatic nitrogens is 3. The molecule has 4 nitrogen and oxygen atoms in total. The van der Waals surface area contributed by atoms with Crippen molar-refractivity contribution in [2.75, 3.05) is 7.05 Å². The molecule has 0 saturated heterocycles. The minimum atomic E-state index is -4.42. The molecule has 2 rings (SSSR count). The van der Waals surface area contributed by atoms with Crippen molar-refractivity contribution in [1.82, 2.24) is 19.9 Å². The Hall–Kier alpha value is -1.54. The van der Waals surface area contributed by atoms with Gasteiger partial charge in [-0.2, -0.15) is 13.2 Å². The van der Waals surface area contributed by atoms with Crippen LogP contribution in [0.1, 0.15) is 27.7 Å². The number of nitrogens with zero attached hydrogens (tertiary/aromatic N) is 3. The molecule has 0 bridgehead atoms.